The monoisotopic (exact) mass is 471 g/mol. The molecule has 1 unspecified atom stereocenters. The largest absolute Gasteiger partial charge is 0.443 e. The zero-order valence-corrected chi connectivity index (χ0v) is 20.6. The van der Waals surface area contributed by atoms with Crippen molar-refractivity contribution in [1.29, 1.82) is 0 Å². The lowest BCUT2D eigenvalue weighted by Crippen LogP contribution is -2.58. The molecule has 0 saturated heterocycles. The van der Waals surface area contributed by atoms with Gasteiger partial charge in [-0.05, 0) is 70.9 Å². The number of hydrogen-bond acceptors (Lipinski definition) is 4. The second-order valence-corrected chi connectivity index (χ2v) is 11.6. The Morgan fingerprint density at radius 2 is 1.86 bits per heavy atom. The van der Waals surface area contributed by atoms with Crippen LogP contribution in [0.4, 0.5) is 4.79 Å². The SMILES string of the molecule is CC(C)(C)NC(=O)OC12CCC(c3[nH][nH]c4cnc5nccc5c34)(CC1)CC2Cc1ccccc1. The first-order valence-electron chi connectivity index (χ1n) is 12.6. The molecule has 0 spiro atoms. The molecule has 1 atom stereocenters. The first-order chi connectivity index (χ1) is 16.8. The van der Waals surface area contributed by atoms with Gasteiger partial charge in [-0.15, -0.1) is 0 Å². The molecular weight excluding hydrogens is 438 g/mol. The Bertz CT molecular complexity index is 1370. The van der Waals surface area contributed by atoms with Crippen molar-refractivity contribution in [2.24, 2.45) is 5.92 Å². The Kier molecular flexibility index (Phi) is 4.95. The first-order valence-corrected chi connectivity index (χ1v) is 12.6. The molecule has 1 amide bonds. The number of aromatic amines is 2. The molecule has 3 heterocycles. The predicted octanol–water partition coefficient (Wildman–Crippen LogP) is 5.78. The highest BCUT2D eigenvalue weighted by Gasteiger charge is 2.58. The van der Waals surface area contributed by atoms with Gasteiger partial charge in [0.1, 0.15) is 5.60 Å². The number of carbonyl (C=O) groups excluding carboxylic acids is 1. The Morgan fingerprint density at radius 1 is 1.09 bits per heavy atom. The molecule has 3 aliphatic rings. The van der Waals surface area contributed by atoms with E-state index in [9.17, 15) is 4.79 Å². The Hall–Kier alpha value is -3.35. The summed E-state index contributed by atoms with van der Waals surface area (Å²) < 4.78 is 6.35. The molecule has 35 heavy (non-hydrogen) atoms. The van der Waals surface area contributed by atoms with Crippen LogP contribution in [0.25, 0.3) is 21.9 Å². The van der Waals surface area contributed by atoms with Gasteiger partial charge in [0.2, 0.25) is 0 Å². The highest BCUT2D eigenvalue weighted by atomic mass is 16.6. The van der Waals surface area contributed by atoms with E-state index in [1.807, 2.05) is 33.2 Å². The highest BCUT2D eigenvalue weighted by molar-refractivity contribution is 6.05. The van der Waals surface area contributed by atoms with E-state index in [0.717, 1.165) is 55.1 Å². The standard InChI is InChI=1S/C28H33N5O2/c1-26(2,3)31-25(34)35-28-12-10-27(11-13-28,16-19(28)15-18-7-5-4-6-8-18)23-22-20-9-14-29-24(20)30-17-21(22)32-33-23/h4-9,14,17,19,32-33H,10-13,15-16H2,1-3H3,(H,31,34). The van der Waals surface area contributed by atoms with Gasteiger partial charge in [0.15, 0.2) is 5.65 Å². The molecule has 3 aromatic heterocycles. The van der Waals surface area contributed by atoms with Crippen LogP contribution in [0, 0.1) is 5.92 Å². The van der Waals surface area contributed by atoms with Crippen LogP contribution in [0.15, 0.2) is 48.8 Å². The van der Waals surface area contributed by atoms with E-state index in [0.29, 0.717) is 0 Å². The first kappa shape index (κ1) is 22.1. The minimum Gasteiger partial charge on any atom is -0.443 e. The third-order valence-electron chi connectivity index (χ3n) is 8.17. The molecular formula is C28H33N5O2. The zero-order chi connectivity index (χ0) is 24.3. The van der Waals surface area contributed by atoms with Crippen LogP contribution in [0.1, 0.15) is 64.1 Å². The normalized spacial score (nSPS) is 26.3. The van der Waals surface area contributed by atoms with Crippen LogP contribution in [-0.4, -0.2) is 37.4 Å². The molecule has 7 nitrogen and oxygen atoms in total. The molecule has 3 aliphatic carbocycles. The van der Waals surface area contributed by atoms with Gasteiger partial charge in [-0.25, -0.2) is 14.8 Å². The van der Waals surface area contributed by atoms with E-state index in [1.54, 1.807) is 0 Å². The van der Waals surface area contributed by atoms with E-state index in [1.165, 1.54) is 16.6 Å². The summed E-state index contributed by atoms with van der Waals surface area (Å²) in [6.45, 7) is 5.96. The molecule has 3 saturated carbocycles. The third-order valence-corrected chi connectivity index (χ3v) is 8.17. The maximum Gasteiger partial charge on any atom is 0.408 e. The number of alkyl carbamates (subject to hydrolysis) is 1. The van der Waals surface area contributed by atoms with Crippen LogP contribution in [-0.2, 0) is 16.6 Å². The smallest absolute Gasteiger partial charge is 0.408 e. The summed E-state index contributed by atoms with van der Waals surface area (Å²) >= 11 is 0. The number of nitrogens with one attached hydrogen (secondary N) is 3. The lowest BCUT2D eigenvalue weighted by molar-refractivity contribution is -0.120. The summed E-state index contributed by atoms with van der Waals surface area (Å²) in [6, 6.07) is 12.7. The fourth-order valence-electron chi connectivity index (χ4n) is 6.55. The van der Waals surface area contributed by atoms with Gasteiger partial charge >= 0.3 is 6.09 Å². The van der Waals surface area contributed by atoms with Gasteiger partial charge in [-0.1, -0.05) is 30.3 Å². The molecule has 7 heteroatoms. The lowest BCUT2D eigenvalue weighted by Gasteiger charge is -2.57. The van der Waals surface area contributed by atoms with Gasteiger partial charge in [0.25, 0.3) is 0 Å². The minimum absolute atomic E-state index is 0.00510. The Labute approximate surface area is 205 Å². The second-order valence-electron chi connectivity index (χ2n) is 11.6. The van der Waals surface area contributed by atoms with Crippen LogP contribution >= 0.6 is 0 Å². The molecule has 1 aromatic carbocycles. The average Bonchev–Trinajstić information content (AvgIpc) is 3.46. The summed E-state index contributed by atoms with van der Waals surface area (Å²) in [5, 5.41) is 12.2. The van der Waals surface area contributed by atoms with Crippen molar-refractivity contribution in [3.8, 4) is 0 Å². The molecule has 4 aromatic rings. The predicted molar refractivity (Wildman–Crippen MR) is 136 cm³/mol. The molecule has 182 valence electrons. The molecule has 3 fully saturated rings. The third kappa shape index (κ3) is 3.77. The quantitative estimate of drug-likeness (QED) is 0.352. The number of hydrogen-bond donors (Lipinski definition) is 3. The van der Waals surface area contributed by atoms with Crippen LogP contribution in [0.2, 0.25) is 0 Å². The Morgan fingerprint density at radius 3 is 2.60 bits per heavy atom. The number of fused-ring (bicyclic) bond motifs is 6. The number of nitrogens with zero attached hydrogens (tertiary/aromatic N) is 2. The van der Waals surface area contributed by atoms with Crippen LogP contribution < -0.4 is 5.32 Å². The van der Waals surface area contributed by atoms with Gasteiger partial charge in [0, 0.05) is 39.5 Å². The minimum atomic E-state index is -0.447. The lowest BCUT2D eigenvalue weighted by atomic mass is 9.52. The molecule has 2 bridgehead atoms. The number of H-pyrrole nitrogens is 2. The van der Waals surface area contributed by atoms with E-state index in [-0.39, 0.29) is 23.0 Å². The molecule has 0 radical (unpaired) electrons. The number of aromatic nitrogens is 4. The number of amides is 1. The number of carbonyl (C=O) groups is 1. The fraction of sp³-hybridized carbons (Fsp3) is 0.464. The maximum absolute atomic E-state index is 12.9. The van der Waals surface area contributed by atoms with Crippen molar-refractivity contribution in [2.75, 3.05) is 0 Å². The second kappa shape index (κ2) is 7.83. The van der Waals surface area contributed by atoms with Gasteiger partial charge in [0.05, 0.1) is 11.7 Å². The van der Waals surface area contributed by atoms with Crippen LogP contribution in [0.3, 0.4) is 0 Å². The summed E-state index contributed by atoms with van der Waals surface area (Å²) in [5.74, 6) is 0.228. The van der Waals surface area contributed by atoms with E-state index in [4.69, 9.17) is 4.74 Å². The van der Waals surface area contributed by atoms with E-state index in [2.05, 4.69) is 61.9 Å². The van der Waals surface area contributed by atoms with E-state index < -0.39 is 5.60 Å². The van der Waals surface area contributed by atoms with Crippen molar-refractivity contribution in [2.45, 2.75) is 75.9 Å². The number of rotatable bonds is 4. The highest BCUT2D eigenvalue weighted by Crippen LogP contribution is 2.59. The van der Waals surface area contributed by atoms with Crippen molar-refractivity contribution >= 4 is 28.0 Å². The maximum atomic E-state index is 12.9. The van der Waals surface area contributed by atoms with Gasteiger partial charge < -0.3 is 15.2 Å². The van der Waals surface area contributed by atoms with Gasteiger partial charge in [-0.3, -0.25) is 5.10 Å². The topological polar surface area (TPSA) is 95.7 Å². The molecule has 7 rings (SSSR count). The Balaban J connectivity index is 1.39. The molecule has 3 N–H and O–H groups in total. The van der Waals surface area contributed by atoms with Crippen molar-refractivity contribution in [3.63, 3.8) is 0 Å². The van der Waals surface area contributed by atoms with Crippen LogP contribution in [0.5, 0.6) is 0 Å². The number of benzene rings is 1. The number of pyridine rings is 1. The van der Waals surface area contributed by atoms with Gasteiger partial charge in [-0.2, -0.15) is 0 Å². The van der Waals surface area contributed by atoms with Crippen molar-refractivity contribution in [3.05, 3.63) is 60.0 Å². The van der Waals surface area contributed by atoms with E-state index >= 15 is 0 Å². The average molecular weight is 472 g/mol. The number of ether oxygens (including phenoxy) is 1. The van der Waals surface area contributed by atoms with Crippen molar-refractivity contribution in [1.82, 2.24) is 25.5 Å². The summed E-state index contributed by atoms with van der Waals surface area (Å²) in [6.07, 6.45) is 8.92. The molecule has 0 aliphatic heterocycles. The van der Waals surface area contributed by atoms with Crippen molar-refractivity contribution < 1.29 is 9.53 Å². The fourth-order valence-corrected chi connectivity index (χ4v) is 6.55. The summed E-state index contributed by atoms with van der Waals surface area (Å²) in [5.41, 5.74) is 3.55. The summed E-state index contributed by atoms with van der Waals surface area (Å²) in [4.78, 5) is 21.9. The summed E-state index contributed by atoms with van der Waals surface area (Å²) in [7, 11) is 0. The zero-order valence-electron chi connectivity index (χ0n) is 20.6.